The molecule has 1 aromatic carbocycles. The number of nitrogens with one attached hydrogen (secondary N) is 2. The van der Waals surface area contributed by atoms with E-state index in [9.17, 15) is 14.4 Å². The van der Waals surface area contributed by atoms with Crippen molar-refractivity contribution in [2.75, 3.05) is 6.61 Å². The van der Waals surface area contributed by atoms with Gasteiger partial charge in [0, 0.05) is 5.56 Å². The number of aromatic amines is 1. The van der Waals surface area contributed by atoms with Gasteiger partial charge in [-0.3, -0.25) is 20.0 Å². The number of esters is 1. The number of imide groups is 1. The Morgan fingerprint density at radius 3 is 2.64 bits per heavy atom. The molecule has 0 aliphatic carbocycles. The van der Waals surface area contributed by atoms with Crippen LogP contribution in [0.1, 0.15) is 20.9 Å². The zero-order valence-electron chi connectivity index (χ0n) is 12.9. The van der Waals surface area contributed by atoms with E-state index in [2.05, 4.69) is 15.5 Å². The third-order valence-corrected chi connectivity index (χ3v) is 3.25. The van der Waals surface area contributed by atoms with Gasteiger partial charge in [0.15, 0.2) is 12.4 Å². The second-order valence-electron chi connectivity index (χ2n) is 4.96. The van der Waals surface area contributed by atoms with E-state index >= 15 is 0 Å². The molecule has 0 spiro atoms. The second-order valence-corrected chi connectivity index (χ2v) is 4.96. The first-order valence-electron chi connectivity index (χ1n) is 7.29. The van der Waals surface area contributed by atoms with Crippen LogP contribution in [0.5, 0.6) is 0 Å². The highest BCUT2D eigenvalue weighted by Gasteiger charge is 2.19. The zero-order chi connectivity index (χ0) is 17.6. The van der Waals surface area contributed by atoms with E-state index in [1.54, 1.807) is 12.1 Å². The van der Waals surface area contributed by atoms with Gasteiger partial charge in [0.05, 0.1) is 18.2 Å². The molecule has 0 saturated carbocycles. The highest BCUT2D eigenvalue weighted by Crippen LogP contribution is 2.21. The van der Waals surface area contributed by atoms with Crippen LogP contribution in [0.15, 0.2) is 59.3 Å². The molecule has 2 aromatic heterocycles. The van der Waals surface area contributed by atoms with E-state index in [-0.39, 0.29) is 11.3 Å². The SMILES string of the molecule is O=C(COC(=O)c1cn[nH]c1-c1ccccc1)NC(=O)c1ccco1. The van der Waals surface area contributed by atoms with Crippen molar-refractivity contribution in [1.82, 2.24) is 15.5 Å². The van der Waals surface area contributed by atoms with E-state index in [1.807, 2.05) is 18.2 Å². The molecule has 25 heavy (non-hydrogen) atoms. The number of benzene rings is 1. The van der Waals surface area contributed by atoms with Crippen molar-refractivity contribution in [2.24, 2.45) is 0 Å². The maximum Gasteiger partial charge on any atom is 0.342 e. The number of H-pyrrole nitrogens is 1. The summed E-state index contributed by atoms with van der Waals surface area (Å²) >= 11 is 0. The van der Waals surface area contributed by atoms with Crippen molar-refractivity contribution < 1.29 is 23.5 Å². The Kier molecular flexibility index (Phi) is 4.70. The molecule has 0 unspecified atom stereocenters. The van der Waals surface area contributed by atoms with Crippen molar-refractivity contribution in [3.8, 4) is 11.3 Å². The van der Waals surface area contributed by atoms with Crippen LogP contribution in [0.25, 0.3) is 11.3 Å². The summed E-state index contributed by atoms with van der Waals surface area (Å²) in [4.78, 5) is 35.5. The predicted octanol–water partition coefficient (Wildman–Crippen LogP) is 1.78. The van der Waals surface area contributed by atoms with Gasteiger partial charge in [-0.2, -0.15) is 5.10 Å². The van der Waals surface area contributed by atoms with Crippen LogP contribution in [0.2, 0.25) is 0 Å². The number of amides is 2. The normalized spacial score (nSPS) is 10.2. The van der Waals surface area contributed by atoms with Crippen molar-refractivity contribution in [2.45, 2.75) is 0 Å². The number of ether oxygens (including phenoxy) is 1. The molecule has 3 rings (SSSR count). The Hall–Kier alpha value is -3.68. The van der Waals surface area contributed by atoms with Crippen molar-refractivity contribution in [3.63, 3.8) is 0 Å². The third kappa shape index (κ3) is 3.81. The molecule has 2 heterocycles. The number of hydrogen-bond donors (Lipinski definition) is 2. The van der Waals surface area contributed by atoms with Crippen LogP contribution < -0.4 is 5.32 Å². The minimum absolute atomic E-state index is 0.0131. The summed E-state index contributed by atoms with van der Waals surface area (Å²) < 4.78 is 9.80. The molecule has 0 aliphatic heterocycles. The Morgan fingerprint density at radius 1 is 1.12 bits per heavy atom. The monoisotopic (exact) mass is 339 g/mol. The van der Waals surface area contributed by atoms with Crippen LogP contribution in [-0.2, 0) is 9.53 Å². The maximum absolute atomic E-state index is 12.2. The number of furan rings is 1. The molecule has 126 valence electrons. The third-order valence-electron chi connectivity index (χ3n) is 3.25. The topological polar surface area (TPSA) is 114 Å². The van der Waals surface area contributed by atoms with Gasteiger partial charge in [0.25, 0.3) is 11.8 Å². The van der Waals surface area contributed by atoms with Gasteiger partial charge < -0.3 is 9.15 Å². The lowest BCUT2D eigenvalue weighted by atomic mass is 10.1. The minimum Gasteiger partial charge on any atom is -0.459 e. The molecule has 0 atom stereocenters. The van der Waals surface area contributed by atoms with Crippen molar-refractivity contribution in [1.29, 1.82) is 0 Å². The summed E-state index contributed by atoms with van der Waals surface area (Å²) in [5.41, 5.74) is 1.43. The van der Waals surface area contributed by atoms with Crippen molar-refractivity contribution >= 4 is 17.8 Å². The molecule has 0 saturated heterocycles. The number of hydrogen-bond acceptors (Lipinski definition) is 6. The Balaban J connectivity index is 1.59. The molecule has 2 N–H and O–H groups in total. The number of aromatic nitrogens is 2. The van der Waals surface area contributed by atoms with Gasteiger partial charge in [-0.1, -0.05) is 30.3 Å². The largest absolute Gasteiger partial charge is 0.459 e. The van der Waals surface area contributed by atoms with Gasteiger partial charge in [-0.15, -0.1) is 0 Å². The summed E-state index contributed by atoms with van der Waals surface area (Å²) in [6.45, 7) is -0.606. The fourth-order valence-electron chi connectivity index (χ4n) is 2.11. The Bertz CT molecular complexity index is 884. The molecule has 8 heteroatoms. The van der Waals surface area contributed by atoms with Crippen LogP contribution in [0, 0.1) is 0 Å². The highest BCUT2D eigenvalue weighted by molar-refractivity contribution is 6.04. The fourth-order valence-corrected chi connectivity index (χ4v) is 2.11. The Morgan fingerprint density at radius 2 is 1.92 bits per heavy atom. The average Bonchev–Trinajstić information content (AvgIpc) is 3.31. The fraction of sp³-hybridized carbons (Fsp3) is 0.0588. The lowest BCUT2D eigenvalue weighted by Crippen LogP contribution is -2.34. The molecule has 2 amide bonds. The zero-order valence-corrected chi connectivity index (χ0v) is 12.9. The van der Waals surface area contributed by atoms with Crippen LogP contribution in [-0.4, -0.2) is 34.6 Å². The first kappa shape index (κ1) is 16.2. The van der Waals surface area contributed by atoms with Gasteiger partial charge >= 0.3 is 5.97 Å². The van der Waals surface area contributed by atoms with E-state index in [1.165, 1.54) is 24.6 Å². The molecule has 3 aromatic rings. The standard InChI is InChI=1S/C17H13N3O5/c21-14(19-16(22)13-7-4-8-24-13)10-25-17(23)12-9-18-20-15(12)11-5-2-1-3-6-11/h1-9H,10H2,(H,18,20)(H,19,21,22). The van der Waals surface area contributed by atoms with Crippen LogP contribution in [0.4, 0.5) is 0 Å². The van der Waals surface area contributed by atoms with Gasteiger partial charge in [-0.25, -0.2) is 4.79 Å². The lowest BCUT2D eigenvalue weighted by Gasteiger charge is -2.05. The number of carbonyl (C=O) groups is 3. The Labute approximate surface area is 141 Å². The summed E-state index contributed by atoms with van der Waals surface area (Å²) in [7, 11) is 0. The molecule has 8 nitrogen and oxygen atoms in total. The minimum atomic E-state index is -0.764. The summed E-state index contributed by atoms with van der Waals surface area (Å²) in [5, 5.41) is 8.62. The average molecular weight is 339 g/mol. The first-order valence-corrected chi connectivity index (χ1v) is 7.29. The smallest absolute Gasteiger partial charge is 0.342 e. The van der Waals surface area contributed by atoms with Crippen molar-refractivity contribution in [3.05, 3.63) is 66.2 Å². The quantitative estimate of drug-likeness (QED) is 0.685. The molecular formula is C17H13N3O5. The number of nitrogens with zero attached hydrogens (tertiary/aromatic N) is 1. The predicted molar refractivity (Wildman–Crippen MR) is 85.5 cm³/mol. The van der Waals surface area contributed by atoms with E-state index in [0.29, 0.717) is 5.69 Å². The van der Waals surface area contributed by atoms with Crippen LogP contribution >= 0.6 is 0 Å². The molecule has 0 fully saturated rings. The van der Waals surface area contributed by atoms with Gasteiger partial charge in [0.2, 0.25) is 0 Å². The molecular weight excluding hydrogens is 326 g/mol. The summed E-state index contributed by atoms with van der Waals surface area (Å²) in [6, 6.07) is 12.0. The molecule has 0 bridgehead atoms. The number of rotatable bonds is 5. The summed E-state index contributed by atoms with van der Waals surface area (Å²) in [5.74, 6) is -2.21. The molecule has 0 radical (unpaired) electrons. The second kappa shape index (κ2) is 7.26. The van der Waals surface area contributed by atoms with Gasteiger partial charge in [0.1, 0.15) is 5.56 Å². The highest BCUT2D eigenvalue weighted by atomic mass is 16.5. The maximum atomic E-state index is 12.2. The van der Waals surface area contributed by atoms with E-state index in [4.69, 9.17) is 9.15 Å². The van der Waals surface area contributed by atoms with Crippen LogP contribution in [0.3, 0.4) is 0 Å². The van der Waals surface area contributed by atoms with E-state index < -0.39 is 24.4 Å². The lowest BCUT2D eigenvalue weighted by molar-refractivity contribution is -0.123. The van der Waals surface area contributed by atoms with E-state index in [0.717, 1.165) is 5.56 Å². The molecule has 0 aliphatic rings. The van der Waals surface area contributed by atoms with Gasteiger partial charge in [-0.05, 0) is 12.1 Å². The number of carbonyl (C=O) groups excluding carboxylic acids is 3. The summed E-state index contributed by atoms with van der Waals surface area (Å²) in [6.07, 6.45) is 2.63. The first-order chi connectivity index (χ1) is 12.1.